The largest absolute Gasteiger partial charge is 0.481 e. The SMILES string of the molecule is C[C@@H](CC(=O)N1CC(C(=O)O)C(F)(F)C1)NC(=O)OCC1c2ccccc2-c2ccccc21. The molecule has 1 aliphatic heterocycles. The van der Waals surface area contributed by atoms with Crippen molar-refractivity contribution in [2.24, 2.45) is 5.92 Å². The Hall–Kier alpha value is -3.49. The van der Waals surface area contributed by atoms with E-state index in [1.165, 1.54) is 0 Å². The predicted molar refractivity (Wildman–Crippen MR) is 115 cm³/mol. The van der Waals surface area contributed by atoms with Crippen LogP contribution < -0.4 is 5.32 Å². The van der Waals surface area contributed by atoms with Gasteiger partial charge in [-0.3, -0.25) is 9.59 Å². The number of benzene rings is 2. The van der Waals surface area contributed by atoms with E-state index in [4.69, 9.17) is 9.84 Å². The summed E-state index contributed by atoms with van der Waals surface area (Å²) in [5, 5.41) is 11.5. The molecule has 0 aromatic heterocycles. The molecular formula is C24H24F2N2O5. The van der Waals surface area contributed by atoms with Crippen LogP contribution in [0.3, 0.4) is 0 Å². The van der Waals surface area contributed by atoms with Crippen molar-refractivity contribution in [1.82, 2.24) is 10.2 Å². The smallest absolute Gasteiger partial charge is 0.407 e. The Morgan fingerprint density at radius 1 is 1.12 bits per heavy atom. The van der Waals surface area contributed by atoms with E-state index < -0.39 is 48.9 Å². The van der Waals surface area contributed by atoms with Crippen molar-refractivity contribution in [3.05, 3.63) is 59.7 Å². The van der Waals surface area contributed by atoms with Crippen molar-refractivity contribution >= 4 is 18.0 Å². The van der Waals surface area contributed by atoms with Crippen molar-refractivity contribution in [2.45, 2.75) is 31.2 Å². The molecule has 0 spiro atoms. The zero-order chi connectivity index (χ0) is 23.8. The first-order chi connectivity index (χ1) is 15.7. The molecule has 174 valence electrons. The molecule has 1 unspecified atom stereocenters. The number of nitrogens with one attached hydrogen (secondary N) is 1. The van der Waals surface area contributed by atoms with E-state index in [2.05, 4.69) is 5.32 Å². The fourth-order valence-electron chi connectivity index (χ4n) is 4.52. The monoisotopic (exact) mass is 458 g/mol. The zero-order valence-corrected chi connectivity index (χ0v) is 18.0. The molecular weight excluding hydrogens is 434 g/mol. The van der Waals surface area contributed by atoms with Crippen LogP contribution in [0.2, 0.25) is 0 Å². The standard InChI is InChI=1S/C24H24F2N2O5/c1-14(10-21(29)28-11-20(22(30)31)24(25,26)13-28)27-23(32)33-12-19-17-8-4-2-6-15(17)16-7-3-5-9-18(16)19/h2-9,14,19-20H,10-13H2,1H3,(H,27,32)(H,30,31)/t14-,20?/m0/s1. The molecule has 1 saturated heterocycles. The third-order valence-corrected chi connectivity index (χ3v) is 6.15. The number of carboxylic acids is 1. The van der Waals surface area contributed by atoms with Crippen LogP contribution in [-0.4, -0.2) is 59.6 Å². The van der Waals surface area contributed by atoms with Crippen LogP contribution in [-0.2, 0) is 14.3 Å². The third-order valence-electron chi connectivity index (χ3n) is 6.15. The van der Waals surface area contributed by atoms with E-state index in [-0.39, 0.29) is 18.9 Å². The normalized spacial score (nSPS) is 19.5. The lowest BCUT2D eigenvalue weighted by Gasteiger charge is -2.20. The fraction of sp³-hybridized carbons (Fsp3) is 0.375. The molecule has 2 atom stereocenters. The van der Waals surface area contributed by atoms with Gasteiger partial charge in [0, 0.05) is 24.9 Å². The number of carbonyl (C=O) groups is 3. The topological polar surface area (TPSA) is 95.9 Å². The number of fused-ring (bicyclic) bond motifs is 3. The molecule has 2 aliphatic rings. The van der Waals surface area contributed by atoms with Gasteiger partial charge in [0.1, 0.15) is 12.5 Å². The van der Waals surface area contributed by atoms with E-state index >= 15 is 0 Å². The second kappa shape index (κ2) is 8.80. The summed E-state index contributed by atoms with van der Waals surface area (Å²) in [6.07, 6.45) is -0.959. The molecule has 33 heavy (non-hydrogen) atoms. The Morgan fingerprint density at radius 2 is 1.70 bits per heavy atom. The van der Waals surface area contributed by atoms with Gasteiger partial charge in [0.2, 0.25) is 5.91 Å². The number of nitrogens with zero attached hydrogens (tertiary/aromatic N) is 1. The first-order valence-corrected chi connectivity index (χ1v) is 10.7. The highest BCUT2D eigenvalue weighted by atomic mass is 19.3. The number of carboxylic acid groups (broad SMARTS) is 1. The Bertz CT molecular complexity index is 1040. The molecule has 4 rings (SSSR count). The van der Waals surface area contributed by atoms with Crippen molar-refractivity contribution < 1.29 is 33.0 Å². The first-order valence-electron chi connectivity index (χ1n) is 10.7. The minimum Gasteiger partial charge on any atom is -0.481 e. The number of alkyl carbamates (subject to hydrolysis) is 1. The van der Waals surface area contributed by atoms with E-state index in [1.807, 2.05) is 48.5 Å². The van der Waals surface area contributed by atoms with Crippen molar-refractivity contribution in [1.29, 1.82) is 0 Å². The minimum atomic E-state index is -3.48. The van der Waals surface area contributed by atoms with Crippen LogP contribution in [0.15, 0.2) is 48.5 Å². The summed E-state index contributed by atoms with van der Waals surface area (Å²) < 4.78 is 33.1. The average molecular weight is 458 g/mol. The molecule has 2 amide bonds. The molecule has 1 heterocycles. The number of amides is 2. The summed E-state index contributed by atoms with van der Waals surface area (Å²) in [6, 6.07) is 15.2. The Morgan fingerprint density at radius 3 is 2.24 bits per heavy atom. The molecule has 0 radical (unpaired) electrons. The number of aliphatic carboxylic acids is 1. The van der Waals surface area contributed by atoms with Crippen LogP contribution in [0.25, 0.3) is 11.1 Å². The molecule has 7 nitrogen and oxygen atoms in total. The van der Waals surface area contributed by atoms with Crippen LogP contribution in [0.1, 0.15) is 30.4 Å². The van der Waals surface area contributed by atoms with E-state index in [0.29, 0.717) is 0 Å². The lowest BCUT2D eigenvalue weighted by atomic mass is 9.98. The number of rotatable bonds is 6. The summed E-state index contributed by atoms with van der Waals surface area (Å²) in [4.78, 5) is 36.5. The van der Waals surface area contributed by atoms with Gasteiger partial charge in [-0.25, -0.2) is 13.6 Å². The average Bonchev–Trinajstić information content (AvgIpc) is 3.26. The highest BCUT2D eigenvalue weighted by Gasteiger charge is 2.53. The van der Waals surface area contributed by atoms with Gasteiger partial charge in [-0.05, 0) is 29.2 Å². The lowest BCUT2D eigenvalue weighted by Crippen LogP contribution is -2.39. The summed E-state index contributed by atoms with van der Waals surface area (Å²) in [7, 11) is 0. The molecule has 2 N–H and O–H groups in total. The van der Waals surface area contributed by atoms with Gasteiger partial charge in [-0.1, -0.05) is 48.5 Å². The maximum atomic E-state index is 13.8. The zero-order valence-electron chi connectivity index (χ0n) is 18.0. The van der Waals surface area contributed by atoms with Crippen molar-refractivity contribution in [2.75, 3.05) is 19.7 Å². The Labute approximate surface area is 189 Å². The summed E-state index contributed by atoms with van der Waals surface area (Å²) in [6.45, 7) is 0.167. The number of halogens is 2. The minimum absolute atomic E-state index is 0.110. The van der Waals surface area contributed by atoms with Gasteiger partial charge in [0.25, 0.3) is 5.92 Å². The molecule has 0 saturated carbocycles. The molecule has 2 aromatic carbocycles. The number of likely N-dealkylation sites (tertiary alicyclic amines) is 1. The highest BCUT2D eigenvalue weighted by molar-refractivity contribution is 5.81. The second-order valence-corrected chi connectivity index (χ2v) is 8.50. The molecule has 0 bridgehead atoms. The van der Waals surface area contributed by atoms with Crippen molar-refractivity contribution in [3.63, 3.8) is 0 Å². The molecule has 1 fully saturated rings. The maximum Gasteiger partial charge on any atom is 0.407 e. The Balaban J connectivity index is 1.31. The molecule has 1 aliphatic carbocycles. The fourth-order valence-corrected chi connectivity index (χ4v) is 4.52. The third kappa shape index (κ3) is 4.53. The number of carbonyl (C=O) groups excluding carboxylic acids is 2. The van der Waals surface area contributed by atoms with Crippen molar-refractivity contribution in [3.8, 4) is 11.1 Å². The van der Waals surface area contributed by atoms with Crippen LogP contribution >= 0.6 is 0 Å². The van der Waals surface area contributed by atoms with Crippen LogP contribution in [0.4, 0.5) is 13.6 Å². The lowest BCUT2D eigenvalue weighted by molar-refractivity contribution is -0.151. The van der Waals surface area contributed by atoms with Gasteiger partial charge in [0.05, 0.1) is 6.54 Å². The van der Waals surface area contributed by atoms with E-state index in [9.17, 15) is 23.2 Å². The summed E-state index contributed by atoms with van der Waals surface area (Å²) >= 11 is 0. The van der Waals surface area contributed by atoms with Gasteiger partial charge < -0.3 is 20.1 Å². The predicted octanol–water partition coefficient (Wildman–Crippen LogP) is 3.48. The maximum absolute atomic E-state index is 13.8. The van der Waals surface area contributed by atoms with Gasteiger partial charge >= 0.3 is 12.1 Å². The Kier molecular flexibility index (Phi) is 6.05. The van der Waals surface area contributed by atoms with Gasteiger partial charge in [-0.2, -0.15) is 0 Å². The number of alkyl halides is 2. The highest BCUT2D eigenvalue weighted by Crippen LogP contribution is 2.44. The van der Waals surface area contributed by atoms with E-state index in [0.717, 1.165) is 27.2 Å². The number of hydrogen-bond donors (Lipinski definition) is 2. The summed E-state index contributed by atoms with van der Waals surface area (Å²) in [5.74, 6) is -7.80. The number of ether oxygens (including phenoxy) is 1. The quantitative estimate of drug-likeness (QED) is 0.691. The van der Waals surface area contributed by atoms with Crippen LogP contribution in [0, 0.1) is 5.92 Å². The second-order valence-electron chi connectivity index (χ2n) is 8.50. The van der Waals surface area contributed by atoms with Gasteiger partial charge in [0.15, 0.2) is 0 Å². The van der Waals surface area contributed by atoms with Gasteiger partial charge in [-0.15, -0.1) is 0 Å². The summed E-state index contributed by atoms with van der Waals surface area (Å²) in [5.41, 5.74) is 4.33. The van der Waals surface area contributed by atoms with Crippen LogP contribution in [0.5, 0.6) is 0 Å². The molecule has 2 aromatic rings. The van der Waals surface area contributed by atoms with E-state index in [1.54, 1.807) is 6.92 Å². The number of hydrogen-bond acceptors (Lipinski definition) is 4. The first kappa shape index (κ1) is 22.7. The molecule has 9 heteroatoms.